The van der Waals surface area contributed by atoms with Crippen LogP contribution in [0.3, 0.4) is 0 Å². The van der Waals surface area contributed by atoms with Gasteiger partial charge in [0.05, 0.1) is 27.9 Å². The maximum absolute atomic E-state index is 13.9. The standard InChI is InChI=1S/C29H26N4O8S/c1-18(35)15-21(17-34)30-25(36)16-33-24-10-6-5-9-23(24)26(19-7-3-2-4-8-19)31-27(28(33)37)32-42(40,41)22-13-11-20(12-14-22)29(38)39/h2-14,17,21,27,32H,15-16H2,1H3,(H,30,36)(H,38,39)/t21-,27?/m0/s1. The number of carbonyl (C=O) groups excluding carboxylic acids is 4. The Bertz CT molecular complexity index is 1670. The van der Waals surface area contributed by atoms with Crippen molar-refractivity contribution in [2.75, 3.05) is 11.4 Å². The van der Waals surface area contributed by atoms with Gasteiger partial charge in [-0.3, -0.25) is 24.3 Å². The predicted molar refractivity (Wildman–Crippen MR) is 152 cm³/mol. The van der Waals surface area contributed by atoms with E-state index in [1.165, 1.54) is 6.92 Å². The van der Waals surface area contributed by atoms with Gasteiger partial charge in [-0.1, -0.05) is 48.5 Å². The molecule has 0 saturated heterocycles. The van der Waals surface area contributed by atoms with Crippen LogP contribution in [0.2, 0.25) is 0 Å². The van der Waals surface area contributed by atoms with Crippen molar-refractivity contribution in [2.45, 2.75) is 30.4 Å². The SMILES string of the molecule is CC(=O)C[C@@H](C=O)NC(=O)CN1C(=O)C(NS(=O)(=O)c2ccc(C(=O)O)cc2)N=C(c2ccccc2)c2ccccc21. The molecule has 0 spiro atoms. The van der Waals surface area contributed by atoms with E-state index in [2.05, 4.69) is 15.0 Å². The summed E-state index contributed by atoms with van der Waals surface area (Å²) in [4.78, 5) is 66.2. The highest BCUT2D eigenvalue weighted by molar-refractivity contribution is 7.89. The van der Waals surface area contributed by atoms with Crippen LogP contribution in [0.1, 0.15) is 34.8 Å². The Balaban J connectivity index is 1.76. The Morgan fingerprint density at radius 1 is 1.00 bits per heavy atom. The molecule has 0 radical (unpaired) electrons. The number of benzene rings is 3. The van der Waals surface area contributed by atoms with Gasteiger partial charge in [0.2, 0.25) is 15.9 Å². The summed E-state index contributed by atoms with van der Waals surface area (Å²) in [6, 6.07) is 18.6. The number of aromatic carboxylic acids is 1. The number of carbonyl (C=O) groups is 5. The molecule has 1 heterocycles. The fourth-order valence-electron chi connectivity index (χ4n) is 4.33. The number of nitrogens with zero attached hydrogens (tertiary/aromatic N) is 2. The van der Waals surface area contributed by atoms with Gasteiger partial charge in [0.25, 0.3) is 5.91 Å². The Morgan fingerprint density at radius 3 is 2.26 bits per heavy atom. The van der Waals surface area contributed by atoms with E-state index in [4.69, 9.17) is 5.11 Å². The zero-order chi connectivity index (χ0) is 30.4. The second-order valence-electron chi connectivity index (χ2n) is 9.35. The van der Waals surface area contributed by atoms with Crippen LogP contribution in [-0.4, -0.2) is 67.8 Å². The number of carboxylic acids is 1. The Labute approximate surface area is 241 Å². The smallest absolute Gasteiger partial charge is 0.335 e. The molecule has 0 bridgehead atoms. The molecule has 4 rings (SSSR count). The lowest BCUT2D eigenvalue weighted by atomic mass is 10.0. The first-order valence-electron chi connectivity index (χ1n) is 12.6. The zero-order valence-electron chi connectivity index (χ0n) is 22.3. The third-order valence-electron chi connectivity index (χ3n) is 6.25. The number of aldehydes is 1. The molecule has 2 amide bonds. The molecule has 1 aliphatic heterocycles. The summed E-state index contributed by atoms with van der Waals surface area (Å²) in [6.07, 6.45) is -1.55. The van der Waals surface area contributed by atoms with Crippen LogP contribution in [0.4, 0.5) is 5.69 Å². The van der Waals surface area contributed by atoms with E-state index in [9.17, 15) is 32.4 Å². The summed E-state index contributed by atoms with van der Waals surface area (Å²) < 4.78 is 28.9. The van der Waals surface area contributed by atoms with Crippen molar-refractivity contribution in [1.29, 1.82) is 0 Å². The van der Waals surface area contributed by atoms with Gasteiger partial charge in [0.1, 0.15) is 18.6 Å². The number of fused-ring (bicyclic) bond motifs is 1. The zero-order valence-corrected chi connectivity index (χ0v) is 23.1. The number of sulfonamides is 1. The molecular weight excluding hydrogens is 564 g/mol. The van der Waals surface area contributed by atoms with Crippen molar-refractivity contribution in [1.82, 2.24) is 10.0 Å². The summed E-state index contributed by atoms with van der Waals surface area (Å²) >= 11 is 0. The molecule has 216 valence electrons. The van der Waals surface area contributed by atoms with Crippen molar-refractivity contribution in [3.05, 3.63) is 95.6 Å². The fourth-order valence-corrected chi connectivity index (χ4v) is 5.40. The molecule has 1 aliphatic rings. The number of nitrogens with one attached hydrogen (secondary N) is 2. The average molecular weight is 591 g/mol. The van der Waals surface area contributed by atoms with E-state index in [1.54, 1.807) is 54.6 Å². The quantitative estimate of drug-likeness (QED) is 0.281. The number of anilines is 1. The number of hydrogen-bond acceptors (Lipinski definition) is 8. The number of para-hydroxylation sites is 1. The fraction of sp³-hybridized carbons (Fsp3) is 0.172. The van der Waals surface area contributed by atoms with Crippen LogP contribution in [0, 0.1) is 0 Å². The monoisotopic (exact) mass is 590 g/mol. The number of amides is 2. The molecule has 3 N–H and O–H groups in total. The molecule has 1 unspecified atom stereocenters. The van der Waals surface area contributed by atoms with Gasteiger partial charge >= 0.3 is 5.97 Å². The molecule has 3 aromatic carbocycles. The minimum Gasteiger partial charge on any atom is -0.478 e. The molecule has 0 fully saturated rings. The number of carboxylic acid groups (broad SMARTS) is 1. The maximum Gasteiger partial charge on any atom is 0.335 e. The van der Waals surface area contributed by atoms with Gasteiger partial charge in [0.15, 0.2) is 6.17 Å². The topological polar surface area (TPSA) is 179 Å². The third-order valence-corrected chi connectivity index (χ3v) is 7.68. The van der Waals surface area contributed by atoms with E-state index in [0.29, 0.717) is 17.4 Å². The van der Waals surface area contributed by atoms with Gasteiger partial charge in [-0.05, 0) is 37.3 Å². The molecular formula is C29H26N4O8S. The Morgan fingerprint density at radius 2 is 1.64 bits per heavy atom. The Kier molecular flexibility index (Phi) is 9.03. The summed E-state index contributed by atoms with van der Waals surface area (Å²) in [5, 5.41) is 11.6. The molecule has 2 atom stereocenters. The van der Waals surface area contributed by atoms with Crippen LogP contribution in [0.5, 0.6) is 0 Å². The predicted octanol–water partition coefficient (Wildman–Crippen LogP) is 1.54. The number of hydrogen-bond donors (Lipinski definition) is 3. The van der Waals surface area contributed by atoms with Gasteiger partial charge < -0.3 is 15.2 Å². The lowest BCUT2D eigenvalue weighted by molar-refractivity contribution is -0.126. The molecule has 13 heteroatoms. The van der Waals surface area contributed by atoms with E-state index in [1.807, 2.05) is 0 Å². The molecule has 0 saturated carbocycles. The second-order valence-corrected chi connectivity index (χ2v) is 11.1. The number of ketones is 1. The van der Waals surface area contributed by atoms with E-state index >= 15 is 0 Å². The van der Waals surface area contributed by atoms with Gasteiger partial charge in [0, 0.05) is 17.5 Å². The maximum atomic E-state index is 13.9. The van der Waals surface area contributed by atoms with Crippen LogP contribution >= 0.6 is 0 Å². The summed E-state index contributed by atoms with van der Waals surface area (Å²) in [5.74, 6) is -3.21. The molecule has 3 aromatic rings. The number of aliphatic imine (C=N–C) groups is 1. The number of benzodiazepines with no additional fused rings is 1. The number of rotatable bonds is 11. The highest BCUT2D eigenvalue weighted by Gasteiger charge is 2.36. The first-order chi connectivity index (χ1) is 20.0. The second kappa shape index (κ2) is 12.7. The van der Waals surface area contributed by atoms with E-state index < -0.39 is 46.6 Å². The molecule has 0 aromatic heterocycles. The highest BCUT2D eigenvalue weighted by atomic mass is 32.2. The van der Waals surface area contributed by atoms with Crippen molar-refractivity contribution >= 4 is 51.3 Å². The highest BCUT2D eigenvalue weighted by Crippen LogP contribution is 2.28. The molecule has 0 aliphatic carbocycles. The largest absolute Gasteiger partial charge is 0.478 e. The van der Waals surface area contributed by atoms with Crippen molar-refractivity contribution in [2.24, 2.45) is 4.99 Å². The first kappa shape index (κ1) is 30.0. The van der Waals surface area contributed by atoms with Crippen LogP contribution in [0.25, 0.3) is 0 Å². The molecule has 42 heavy (non-hydrogen) atoms. The van der Waals surface area contributed by atoms with Gasteiger partial charge in [-0.25, -0.2) is 13.2 Å². The molecule has 12 nitrogen and oxygen atoms in total. The summed E-state index contributed by atoms with van der Waals surface area (Å²) in [6.45, 7) is 0.660. The minimum absolute atomic E-state index is 0.130. The van der Waals surface area contributed by atoms with E-state index in [-0.39, 0.29) is 34.1 Å². The third kappa shape index (κ3) is 6.82. The van der Waals surface area contributed by atoms with Crippen molar-refractivity contribution < 1.29 is 37.5 Å². The van der Waals surface area contributed by atoms with Crippen molar-refractivity contribution in [3.63, 3.8) is 0 Å². The lowest BCUT2D eigenvalue weighted by Gasteiger charge is -2.25. The summed E-state index contributed by atoms with van der Waals surface area (Å²) in [7, 11) is -4.41. The van der Waals surface area contributed by atoms with Crippen LogP contribution < -0.4 is 14.9 Å². The minimum atomic E-state index is -4.41. The van der Waals surface area contributed by atoms with Gasteiger partial charge in [-0.15, -0.1) is 0 Å². The van der Waals surface area contributed by atoms with Crippen LogP contribution in [-0.2, 0) is 29.2 Å². The number of Topliss-reactive ketones (excluding diaryl/α,β-unsaturated/α-hetero) is 1. The first-order valence-corrected chi connectivity index (χ1v) is 14.1. The van der Waals surface area contributed by atoms with Gasteiger partial charge in [-0.2, -0.15) is 4.72 Å². The normalized spacial score (nSPS) is 15.5. The summed E-state index contributed by atoms with van der Waals surface area (Å²) in [5.41, 5.74) is 1.42. The lowest BCUT2D eigenvalue weighted by Crippen LogP contribution is -2.51. The average Bonchev–Trinajstić information content (AvgIpc) is 3.07. The van der Waals surface area contributed by atoms with E-state index in [0.717, 1.165) is 29.2 Å². The van der Waals surface area contributed by atoms with Crippen LogP contribution in [0.15, 0.2) is 88.8 Å². The Hall–Kier alpha value is -5.01. The van der Waals surface area contributed by atoms with Crippen molar-refractivity contribution in [3.8, 4) is 0 Å².